The van der Waals surface area contributed by atoms with Gasteiger partial charge >= 0.3 is 0 Å². The van der Waals surface area contributed by atoms with Gasteiger partial charge in [-0.15, -0.1) is 0 Å². The maximum absolute atomic E-state index is 11.9. The Balaban J connectivity index is 2.20. The number of rotatable bonds is 3. The van der Waals surface area contributed by atoms with Crippen LogP contribution in [-0.4, -0.2) is 28.1 Å². The lowest BCUT2D eigenvalue weighted by atomic mass is 10.2. The monoisotopic (exact) mass is 279 g/mol. The normalized spacial score (nSPS) is 10.0. The zero-order valence-corrected chi connectivity index (χ0v) is 10.7. The summed E-state index contributed by atoms with van der Waals surface area (Å²) in [7, 11) is 1.47. The fraction of sp³-hybridized carbons (Fsp3) is 0.0833. The Kier molecular flexibility index (Phi) is 3.82. The number of nitrogens with zero attached hydrogens (tertiary/aromatic N) is 2. The molecule has 1 aromatic heterocycles. The molecule has 6 nitrogen and oxygen atoms in total. The lowest BCUT2D eigenvalue weighted by Gasteiger charge is -2.07. The molecule has 2 rings (SSSR count). The highest BCUT2D eigenvalue weighted by Gasteiger charge is 2.13. The van der Waals surface area contributed by atoms with Crippen LogP contribution in [0.1, 0.15) is 10.4 Å². The van der Waals surface area contributed by atoms with Crippen molar-refractivity contribution >= 4 is 23.5 Å². The first-order chi connectivity index (χ1) is 9.10. The Morgan fingerprint density at radius 1 is 1.42 bits per heavy atom. The van der Waals surface area contributed by atoms with Crippen molar-refractivity contribution in [2.45, 2.75) is 0 Å². The van der Waals surface area contributed by atoms with Crippen molar-refractivity contribution in [3.05, 3.63) is 41.2 Å². The number of methoxy groups -OCH3 is 1. The van der Waals surface area contributed by atoms with Crippen LogP contribution in [0.2, 0.25) is 5.15 Å². The summed E-state index contributed by atoms with van der Waals surface area (Å²) in [5.74, 6) is -0.220. The molecule has 0 aliphatic heterocycles. The molecular weight excluding hydrogens is 270 g/mol. The number of anilines is 1. The SMILES string of the molecule is COc1ccc(C(=O)Nc2nccc(Cl)n2)c(O)c1. The van der Waals surface area contributed by atoms with E-state index in [0.29, 0.717) is 5.75 Å². The number of hydrogen-bond acceptors (Lipinski definition) is 5. The first-order valence-electron chi connectivity index (χ1n) is 5.27. The van der Waals surface area contributed by atoms with E-state index in [-0.39, 0.29) is 22.4 Å². The van der Waals surface area contributed by atoms with Crippen molar-refractivity contribution in [1.82, 2.24) is 9.97 Å². The van der Waals surface area contributed by atoms with Gasteiger partial charge in [0.05, 0.1) is 12.7 Å². The van der Waals surface area contributed by atoms with E-state index in [9.17, 15) is 9.90 Å². The smallest absolute Gasteiger partial charge is 0.261 e. The van der Waals surface area contributed by atoms with Gasteiger partial charge in [-0.2, -0.15) is 0 Å². The third kappa shape index (κ3) is 3.11. The average Bonchev–Trinajstić information content (AvgIpc) is 2.38. The second-order valence-electron chi connectivity index (χ2n) is 3.54. The third-order valence-corrected chi connectivity index (χ3v) is 2.51. The predicted octanol–water partition coefficient (Wildman–Crippen LogP) is 2.10. The Labute approximate surface area is 114 Å². The van der Waals surface area contributed by atoms with Gasteiger partial charge < -0.3 is 9.84 Å². The highest BCUT2D eigenvalue weighted by Crippen LogP contribution is 2.23. The molecule has 7 heteroatoms. The van der Waals surface area contributed by atoms with Crippen LogP contribution in [0.15, 0.2) is 30.5 Å². The van der Waals surface area contributed by atoms with E-state index in [2.05, 4.69) is 15.3 Å². The van der Waals surface area contributed by atoms with Crippen LogP contribution in [0.4, 0.5) is 5.95 Å². The summed E-state index contributed by atoms with van der Waals surface area (Å²) in [6, 6.07) is 5.83. The summed E-state index contributed by atoms with van der Waals surface area (Å²) in [4.78, 5) is 19.6. The number of benzene rings is 1. The van der Waals surface area contributed by atoms with Gasteiger partial charge in [-0.05, 0) is 18.2 Å². The molecule has 0 aliphatic rings. The van der Waals surface area contributed by atoms with E-state index >= 15 is 0 Å². The van der Waals surface area contributed by atoms with Crippen molar-refractivity contribution < 1.29 is 14.6 Å². The molecule has 0 radical (unpaired) electrons. The van der Waals surface area contributed by atoms with Crippen LogP contribution < -0.4 is 10.1 Å². The fourth-order valence-electron chi connectivity index (χ4n) is 1.40. The molecule has 1 amide bonds. The number of nitrogens with one attached hydrogen (secondary N) is 1. The average molecular weight is 280 g/mol. The van der Waals surface area contributed by atoms with E-state index < -0.39 is 5.91 Å². The molecule has 2 N–H and O–H groups in total. The maximum Gasteiger partial charge on any atom is 0.261 e. The molecule has 0 bridgehead atoms. The van der Waals surface area contributed by atoms with Gasteiger partial charge in [-0.3, -0.25) is 10.1 Å². The summed E-state index contributed by atoms with van der Waals surface area (Å²) >= 11 is 5.68. The second kappa shape index (κ2) is 5.53. The van der Waals surface area contributed by atoms with Crippen LogP contribution in [0, 0.1) is 0 Å². The Bertz CT molecular complexity index is 619. The number of ether oxygens (including phenoxy) is 1. The molecular formula is C12H10ClN3O3. The zero-order valence-electron chi connectivity index (χ0n) is 9.92. The topological polar surface area (TPSA) is 84.3 Å². The number of phenolic OH excluding ortho intramolecular Hbond substituents is 1. The lowest BCUT2D eigenvalue weighted by Crippen LogP contribution is -2.14. The van der Waals surface area contributed by atoms with Crippen molar-refractivity contribution in [2.24, 2.45) is 0 Å². The first-order valence-corrected chi connectivity index (χ1v) is 5.65. The number of hydrogen-bond donors (Lipinski definition) is 2. The summed E-state index contributed by atoms with van der Waals surface area (Å²) in [5, 5.41) is 12.4. The van der Waals surface area contributed by atoms with E-state index in [1.807, 2.05) is 0 Å². The molecule has 0 aliphatic carbocycles. The number of phenols is 1. The number of carbonyl (C=O) groups excluding carboxylic acids is 1. The molecule has 98 valence electrons. The summed E-state index contributed by atoms with van der Waals surface area (Å²) in [6.07, 6.45) is 1.42. The van der Waals surface area contributed by atoms with Crippen LogP contribution in [0.25, 0.3) is 0 Å². The van der Waals surface area contributed by atoms with Crippen molar-refractivity contribution in [2.75, 3.05) is 12.4 Å². The van der Waals surface area contributed by atoms with Gasteiger partial charge in [-0.1, -0.05) is 11.6 Å². The molecule has 2 aromatic rings. The summed E-state index contributed by atoms with van der Waals surface area (Å²) in [6.45, 7) is 0. The van der Waals surface area contributed by atoms with E-state index in [4.69, 9.17) is 16.3 Å². The van der Waals surface area contributed by atoms with E-state index in [1.54, 1.807) is 6.07 Å². The fourth-order valence-corrected chi connectivity index (χ4v) is 1.53. The minimum atomic E-state index is -0.539. The van der Waals surface area contributed by atoms with Crippen LogP contribution in [0.5, 0.6) is 11.5 Å². The minimum Gasteiger partial charge on any atom is -0.507 e. The number of carbonyl (C=O) groups is 1. The van der Waals surface area contributed by atoms with Gasteiger partial charge in [0.15, 0.2) is 0 Å². The number of amides is 1. The Hall–Kier alpha value is -2.34. The Morgan fingerprint density at radius 3 is 2.84 bits per heavy atom. The lowest BCUT2D eigenvalue weighted by molar-refractivity contribution is 0.102. The molecule has 0 saturated heterocycles. The van der Waals surface area contributed by atoms with Crippen LogP contribution in [-0.2, 0) is 0 Å². The number of halogens is 1. The molecule has 0 atom stereocenters. The van der Waals surface area contributed by atoms with E-state index in [1.165, 1.54) is 31.5 Å². The summed E-state index contributed by atoms with van der Waals surface area (Å²) < 4.78 is 4.93. The van der Waals surface area contributed by atoms with Crippen molar-refractivity contribution in [3.8, 4) is 11.5 Å². The molecule has 0 fully saturated rings. The van der Waals surface area contributed by atoms with E-state index in [0.717, 1.165) is 0 Å². The highest BCUT2D eigenvalue weighted by atomic mass is 35.5. The molecule has 1 aromatic carbocycles. The molecule has 0 spiro atoms. The number of aromatic hydroxyl groups is 1. The second-order valence-corrected chi connectivity index (χ2v) is 3.93. The number of aromatic nitrogens is 2. The van der Waals surface area contributed by atoms with Crippen LogP contribution >= 0.6 is 11.6 Å². The van der Waals surface area contributed by atoms with Gasteiger partial charge in [0.2, 0.25) is 5.95 Å². The zero-order chi connectivity index (χ0) is 13.8. The van der Waals surface area contributed by atoms with Gasteiger partial charge in [0.25, 0.3) is 5.91 Å². The van der Waals surface area contributed by atoms with Gasteiger partial charge in [0.1, 0.15) is 16.7 Å². The third-order valence-electron chi connectivity index (χ3n) is 2.30. The van der Waals surface area contributed by atoms with Gasteiger partial charge in [0, 0.05) is 12.3 Å². The molecule has 1 heterocycles. The van der Waals surface area contributed by atoms with Crippen LogP contribution in [0.3, 0.4) is 0 Å². The maximum atomic E-state index is 11.9. The predicted molar refractivity (Wildman–Crippen MR) is 69.7 cm³/mol. The molecule has 0 saturated carbocycles. The summed E-state index contributed by atoms with van der Waals surface area (Å²) in [5.41, 5.74) is 0.0874. The minimum absolute atomic E-state index is 0.0627. The molecule has 19 heavy (non-hydrogen) atoms. The standard InChI is InChI=1S/C12H10ClN3O3/c1-19-7-2-3-8(9(17)6-7)11(18)16-12-14-5-4-10(13)15-12/h2-6,17H,1H3,(H,14,15,16,18). The molecule has 0 unspecified atom stereocenters. The largest absolute Gasteiger partial charge is 0.507 e. The van der Waals surface area contributed by atoms with Crippen molar-refractivity contribution in [1.29, 1.82) is 0 Å². The quantitative estimate of drug-likeness (QED) is 0.841. The highest BCUT2D eigenvalue weighted by molar-refractivity contribution is 6.29. The Morgan fingerprint density at radius 2 is 2.21 bits per heavy atom. The van der Waals surface area contributed by atoms with Crippen molar-refractivity contribution in [3.63, 3.8) is 0 Å². The van der Waals surface area contributed by atoms with Gasteiger partial charge in [-0.25, -0.2) is 9.97 Å². The first kappa shape index (κ1) is 13.1.